The van der Waals surface area contributed by atoms with Crippen LogP contribution >= 0.6 is 0 Å². The van der Waals surface area contributed by atoms with Crippen molar-refractivity contribution in [3.63, 3.8) is 0 Å². The van der Waals surface area contributed by atoms with Crippen LogP contribution in [0.15, 0.2) is 34.9 Å². The van der Waals surface area contributed by atoms with Crippen LogP contribution in [0.1, 0.15) is 37.1 Å². The Bertz CT molecular complexity index is 601. The molecule has 2 heterocycles. The molecule has 0 atom stereocenters. The largest absolute Gasteiger partial charge is 0.381 e. The summed E-state index contributed by atoms with van der Waals surface area (Å²) in [5, 5.41) is 7.54. The molecule has 5 nitrogen and oxygen atoms in total. The topological polar surface area (TPSA) is 60.2 Å². The lowest BCUT2D eigenvalue weighted by Gasteiger charge is -2.34. The van der Waals surface area contributed by atoms with Gasteiger partial charge in [-0.1, -0.05) is 35.5 Å². The summed E-state index contributed by atoms with van der Waals surface area (Å²) in [6.07, 6.45) is 4.16. The first-order valence-electron chi connectivity index (χ1n) is 7.61. The van der Waals surface area contributed by atoms with Crippen molar-refractivity contribution in [1.82, 2.24) is 10.1 Å². The molecule has 2 aliphatic rings. The van der Waals surface area contributed by atoms with Gasteiger partial charge < -0.3 is 14.6 Å². The Morgan fingerprint density at radius 2 is 1.86 bits per heavy atom. The Morgan fingerprint density at radius 1 is 1.10 bits per heavy atom. The summed E-state index contributed by atoms with van der Waals surface area (Å²) in [4.78, 5) is 4.62. The monoisotopic (exact) mass is 285 g/mol. The van der Waals surface area contributed by atoms with Gasteiger partial charge in [0.25, 0.3) is 0 Å². The molecule has 1 aliphatic carbocycles. The smallest absolute Gasteiger partial charge is 0.321 e. The van der Waals surface area contributed by atoms with Crippen LogP contribution < -0.4 is 5.32 Å². The second-order valence-corrected chi connectivity index (χ2v) is 5.90. The molecule has 2 aromatic rings. The van der Waals surface area contributed by atoms with Gasteiger partial charge in [0.05, 0.1) is 5.41 Å². The Kier molecular flexibility index (Phi) is 3.15. The average Bonchev–Trinajstić information content (AvgIpc) is 3.24. The third kappa shape index (κ3) is 2.42. The molecule has 0 radical (unpaired) electrons. The van der Waals surface area contributed by atoms with Gasteiger partial charge in [-0.2, -0.15) is 4.98 Å². The minimum absolute atomic E-state index is 0.188. The highest BCUT2D eigenvalue weighted by Gasteiger charge is 2.40. The van der Waals surface area contributed by atoms with E-state index in [1.807, 2.05) is 6.07 Å². The van der Waals surface area contributed by atoms with E-state index in [1.54, 1.807) is 0 Å². The molecular formula is C16H19N3O2. The maximum atomic E-state index is 5.55. The molecular weight excluding hydrogens is 266 g/mol. The van der Waals surface area contributed by atoms with E-state index >= 15 is 0 Å². The molecule has 1 aromatic carbocycles. The molecule has 1 N–H and O–H groups in total. The van der Waals surface area contributed by atoms with Crippen molar-refractivity contribution in [1.29, 1.82) is 0 Å². The van der Waals surface area contributed by atoms with E-state index in [2.05, 4.69) is 39.7 Å². The van der Waals surface area contributed by atoms with Gasteiger partial charge in [-0.15, -0.1) is 0 Å². The zero-order chi connectivity index (χ0) is 14.1. The predicted octanol–water partition coefficient (Wildman–Crippen LogP) is 2.74. The highest BCUT2D eigenvalue weighted by atomic mass is 16.5. The summed E-state index contributed by atoms with van der Waals surface area (Å²) in [6, 6.07) is 11.5. The highest BCUT2D eigenvalue weighted by Crippen LogP contribution is 2.40. The Hall–Kier alpha value is -1.88. The van der Waals surface area contributed by atoms with Crippen molar-refractivity contribution in [2.75, 3.05) is 18.5 Å². The summed E-state index contributed by atoms with van der Waals surface area (Å²) in [7, 11) is 0. The minimum Gasteiger partial charge on any atom is -0.381 e. The normalized spacial score (nSPS) is 21.1. The van der Waals surface area contributed by atoms with Gasteiger partial charge >= 0.3 is 6.01 Å². The van der Waals surface area contributed by atoms with E-state index in [1.165, 1.54) is 18.4 Å². The summed E-state index contributed by atoms with van der Waals surface area (Å²) >= 11 is 0. The molecule has 0 bridgehead atoms. The van der Waals surface area contributed by atoms with Crippen LogP contribution in [0, 0.1) is 0 Å². The molecule has 1 saturated carbocycles. The number of hydrogen-bond donors (Lipinski definition) is 1. The molecule has 0 unspecified atom stereocenters. The predicted molar refractivity (Wildman–Crippen MR) is 78.2 cm³/mol. The first-order chi connectivity index (χ1) is 10.4. The third-order valence-electron chi connectivity index (χ3n) is 4.43. The van der Waals surface area contributed by atoms with Crippen molar-refractivity contribution in [2.45, 2.75) is 37.1 Å². The lowest BCUT2D eigenvalue weighted by Crippen LogP contribution is -2.36. The number of rotatable bonds is 4. The molecule has 0 amide bonds. The molecule has 1 aromatic heterocycles. The number of benzene rings is 1. The fourth-order valence-corrected chi connectivity index (χ4v) is 3.00. The van der Waals surface area contributed by atoms with Gasteiger partial charge in [0.2, 0.25) is 0 Å². The second kappa shape index (κ2) is 5.15. The van der Waals surface area contributed by atoms with E-state index in [4.69, 9.17) is 9.26 Å². The van der Waals surface area contributed by atoms with Crippen LogP contribution in [-0.4, -0.2) is 29.4 Å². The quantitative estimate of drug-likeness (QED) is 0.936. The van der Waals surface area contributed by atoms with E-state index in [9.17, 15) is 0 Å². The third-order valence-corrected chi connectivity index (χ3v) is 4.43. The van der Waals surface area contributed by atoms with Gasteiger partial charge in [0, 0.05) is 19.3 Å². The van der Waals surface area contributed by atoms with E-state index < -0.39 is 0 Å². The Labute approximate surface area is 123 Å². The van der Waals surface area contributed by atoms with E-state index in [-0.39, 0.29) is 5.41 Å². The molecule has 5 heteroatoms. The highest BCUT2D eigenvalue weighted by molar-refractivity contribution is 5.35. The van der Waals surface area contributed by atoms with Gasteiger partial charge in [0.1, 0.15) is 0 Å². The first-order valence-corrected chi connectivity index (χ1v) is 7.61. The van der Waals surface area contributed by atoms with Gasteiger partial charge in [-0.05, 0) is 31.2 Å². The fraction of sp³-hybridized carbons (Fsp3) is 0.500. The average molecular weight is 285 g/mol. The van der Waals surface area contributed by atoms with Crippen molar-refractivity contribution in [3.05, 3.63) is 41.7 Å². The molecule has 110 valence electrons. The maximum Gasteiger partial charge on any atom is 0.321 e. The van der Waals surface area contributed by atoms with E-state index in [0.717, 1.165) is 31.9 Å². The standard InChI is InChI=1S/C16H19N3O2/c1-2-4-12(5-3-1)16(8-10-20-11-9-16)14-18-15(21-19-14)17-13-6-7-13/h1-5,13H,6-11H2,(H,17,18,19). The number of aromatic nitrogens is 2. The maximum absolute atomic E-state index is 5.55. The lowest BCUT2D eigenvalue weighted by molar-refractivity contribution is 0.0597. The zero-order valence-electron chi connectivity index (χ0n) is 11.9. The number of anilines is 1. The van der Waals surface area contributed by atoms with Crippen molar-refractivity contribution < 1.29 is 9.26 Å². The van der Waals surface area contributed by atoms with Crippen LogP contribution in [0.2, 0.25) is 0 Å². The minimum atomic E-state index is -0.188. The molecule has 4 rings (SSSR count). The van der Waals surface area contributed by atoms with Crippen LogP contribution in [-0.2, 0) is 10.2 Å². The Balaban J connectivity index is 1.69. The van der Waals surface area contributed by atoms with Gasteiger partial charge in [-0.3, -0.25) is 0 Å². The summed E-state index contributed by atoms with van der Waals surface area (Å²) in [5.41, 5.74) is 1.05. The SMILES string of the molecule is c1ccc(C2(c3noc(NC4CC4)n3)CCOCC2)cc1. The number of hydrogen-bond acceptors (Lipinski definition) is 5. The molecule has 21 heavy (non-hydrogen) atoms. The molecule has 0 spiro atoms. The molecule has 2 fully saturated rings. The zero-order valence-corrected chi connectivity index (χ0v) is 11.9. The van der Waals surface area contributed by atoms with Gasteiger partial charge in [0.15, 0.2) is 5.82 Å². The fourth-order valence-electron chi connectivity index (χ4n) is 3.00. The van der Waals surface area contributed by atoms with Crippen molar-refractivity contribution in [2.24, 2.45) is 0 Å². The second-order valence-electron chi connectivity index (χ2n) is 5.90. The summed E-state index contributed by atoms with van der Waals surface area (Å²) < 4.78 is 10.9. The van der Waals surface area contributed by atoms with Crippen LogP contribution in [0.5, 0.6) is 0 Å². The van der Waals surface area contributed by atoms with Crippen LogP contribution in [0.25, 0.3) is 0 Å². The first kappa shape index (κ1) is 12.8. The number of nitrogens with zero attached hydrogens (tertiary/aromatic N) is 2. The summed E-state index contributed by atoms with van der Waals surface area (Å²) in [6.45, 7) is 1.46. The lowest BCUT2D eigenvalue weighted by atomic mass is 9.73. The van der Waals surface area contributed by atoms with Crippen LogP contribution in [0.3, 0.4) is 0 Å². The molecule has 1 saturated heterocycles. The summed E-state index contributed by atoms with van der Waals surface area (Å²) in [5.74, 6) is 0.778. The van der Waals surface area contributed by atoms with Crippen molar-refractivity contribution in [3.8, 4) is 0 Å². The number of ether oxygens (including phenoxy) is 1. The molecule has 1 aliphatic heterocycles. The van der Waals surface area contributed by atoms with Gasteiger partial charge in [-0.25, -0.2) is 0 Å². The van der Waals surface area contributed by atoms with Crippen LogP contribution in [0.4, 0.5) is 6.01 Å². The van der Waals surface area contributed by atoms with Crippen molar-refractivity contribution >= 4 is 6.01 Å². The van der Waals surface area contributed by atoms with E-state index in [0.29, 0.717) is 12.1 Å². The Morgan fingerprint density at radius 3 is 2.57 bits per heavy atom. The number of nitrogens with one attached hydrogen (secondary N) is 1.